The number of rotatable bonds is 9. The molecule has 0 spiro atoms. The monoisotopic (exact) mass is 571 g/mol. The van der Waals surface area contributed by atoms with Crippen molar-refractivity contribution in [3.63, 3.8) is 0 Å². The van der Waals surface area contributed by atoms with Crippen molar-refractivity contribution in [2.75, 3.05) is 13.7 Å². The van der Waals surface area contributed by atoms with E-state index in [2.05, 4.69) is 11.9 Å². The lowest BCUT2D eigenvalue weighted by atomic mass is 9.91. The van der Waals surface area contributed by atoms with Crippen LogP contribution in [0.25, 0.3) is 22.2 Å². The minimum Gasteiger partial charge on any atom is -0.497 e. The van der Waals surface area contributed by atoms with Gasteiger partial charge in [-0.3, -0.25) is 9.59 Å². The Kier molecular flexibility index (Phi) is 7.70. The predicted octanol–water partition coefficient (Wildman–Crippen LogP) is 4.84. The Morgan fingerprint density at radius 3 is 2.52 bits per heavy atom. The van der Waals surface area contributed by atoms with Gasteiger partial charge in [0.1, 0.15) is 29.2 Å². The number of amides is 2. The smallest absolute Gasteiger partial charge is 0.330 e. The highest BCUT2D eigenvalue weighted by atomic mass is 16.5. The molecule has 1 saturated carbocycles. The van der Waals surface area contributed by atoms with Gasteiger partial charge in [0.05, 0.1) is 24.9 Å². The van der Waals surface area contributed by atoms with Crippen LogP contribution < -0.4 is 14.8 Å². The fraction of sp³-hybridized carbons (Fsp3) is 0.394. The number of benzene rings is 2. The van der Waals surface area contributed by atoms with Crippen LogP contribution >= 0.6 is 0 Å². The summed E-state index contributed by atoms with van der Waals surface area (Å²) in [4.78, 5) is 45.5. The van der Waals surface area contributed by atoms with Crippen molar-refractivity contribution in [2.45, 2.75) is 57.7 Å². The predicted molar refractivity (Wildman–Crippen MR) is 159 cm³/mol. The standard InChI is InChI=1S/C33H37N3O6/c1-6-21-17-33(21,31(39)40)35-30(38)27-15-23(19-36(27)29(37)18-32(2,3)4)42-28-16-25(20-10-8-7-9-11-20)34-26-14-22(41-5)12-13-24(26)28/h6-14,16,21,23,27H,1,15,17-19H2,2-5H3,(H,35,38)(H,39,40)/t21-,23-,27+,33-/m1/s1. The molecule has 9 nitrogen and oxygen atoms in total. The SMILES string of the molecule is C=C[C@@H]1C[C@]1(NC(=O)[C@@H]1C[C@@H](Oc2cc(-c3ccccc3)nc3cc(OC)ccc23)CN1C(=O)CC(C)(C)C)C(=O)O. The molecule has 2 fully saturated rings. The summed E-state index contributed by atoms with van der Waals surface area (Å²) in [5, 5.41) is 13.3. The highest BCUT2D eigenvalue weighted by Crippen LogP contribution is 2.45. The van der Waals surface area contributed by atoms with E-state index in [1.165, 1.54) is 4.90 Å². The van der Waals surface area contributed by atoms with E-state index in [0.717, 1.165) is 10.9 Å². The van der Waals surface area contributed by atoms with Gasteiger partial charge in [0.2, 0.25) is 11.8 Å². The van der Waals surface area contributed by atoms with E-state index in [9.17, 15) is 19.5 Å². The van der Waals surface area contributed by atoms with Gasteiger partial charge >= 0.3 is 5.97 Å². The minimum atomic E-state index is -1.39. The van der Waals surface area contributed by atoms with Crippen LogP contribution in [0, 0.1) is 11.3 Å². The van der Waals surface area contributed by atoms with Gasteiger partial charge in [-0.2, -0.15) is 0 Å². The van der Waals surface area contributed by atoms with E-state index in [4.69, 9.17) is 14.5 Å². The first-order valence-corrected chi connectivity index (χ1v) is 14.1. The zero-order valence-corrected chi connectivity index (χ0v) is 24.4. The highest BCUT2D eigenvalue weighted by molar-refractivity contribution is 5.95. The molecule has 1 saturated heterocycles. The minimum absolute atomic E-state index is 0.177. The summed E-state index contributed by atoms with van der Waals surface area (Å²) in [5.74, 6) is -0.901. The summed E-state index contributed by atoms with van der Waals surface area (Å²) in [6.45, 7) is 9.78. The van der Waals surface area contributed by atoms with E-state index >= 15 is 0 Å². The van der Waals surface area contributed by atoms with Gasteiger partial charge in [-0.25, -0.2) is 9.78 Å². The number of carbonyl (C=O) groups excluding carboxylic acids is 2. The van der Waals surface area contributed by atoms with Crippen molar-refractivity contribution in [3.8, 4) is 22.8 Å². The Morgan fingerprint density at radius 2 is 1.90 bits per heavy atom. The van der Waals surface area contributed by atoms with Crippen LogP contribution in [0.5, 0.6) is 11.5 Å². The zero-order valence-electron chi connectivity index (χ0n) is 24.4. The summed E-state index contributed by atoms with van der Waals surface area (Å²) >= 11 is 0. The number of likely N-dealkylation sites (tertiary alicyclic amines) is 1. The fourth-order valence-corrected chi connectivity index (χ4v) is 5.62. The molecular weight excluding hydrogens is 534 g/mol. The molecule has 1 aliphatic carbocycles. The fourth-order valence-electron chi connectivity index (χ4n) is 5.62. The molecule has 0 bridgehead atoms. The van der Waals surface area contributed by atoms with Gasteiger partial charge < -0.3 is 24.8 Å². The molecule has 2 N–H and O–H groups in total. The first-order chi connectivity index (χ1) is 19.9. The molecular formula is C33H37N3O6. The molecule has 220 valence electrons. The summed E-state index contributed by atoms with van der Waals surface area (Å²) in [5.41, 5.74) is 0.631. The van der Waals surface area contributed by atoms with E-state index in [1.54, 1.807) is 13.2 Å². The van der Waals surface area contributed by atoms with Crippen LogP contribution in [0.15, 0.2) is 67.3 Å². The quantitative estimate of drug-likeness (QED) is 0.353. The second-order valence-electron chi connectivity index (χ2n) is 12.3. The molecule has 42 heavy (non-hydrogen) atoms. The number of carbonyl (C=O) groups is 3. The number of ether oxygens (including phenoxy) is 2. The number of fused-ring (bicyclic) bond motifs is 1. The van der Waals surface area contributed by atoms with Gasteiger partial charge in [0.25, 0.3) is 0 Å². The molecule has 1 aromatic heterocycles. The normalized spacial score (nSPS) is 23.3. The third kappa shape index (κ3) is 5.82. The third-order valence-corrected chi connectivity index (χ3v) is 7.94. The molecule has 3 aromatic rings. The molecule has 2 heterocycles. The van der Waals surface area contributed by atoms with E-state index in [-0.39, 0.29) is 43.0 Å². The number of carboxylic acid groups (broad SMARTS) is 1. The van der Waals surface area contributed by atoms with Gasteiger partial charge in [0, 0.05) is 41.8 Å². The Hall–Kier alpha value is -4.40. The number of nitrogens with zero attached hydrogens (tertiary/aromatic N) is 2. The third-order valence-electron chi connectivity index (χ3n) is 7.94. The first kappa shape index (κ1) is 29.1. The molecule has 4 atom stereocenters. The van der Waals surface area contributed by atoms with Crippen LogP contribution in [-0.4, -0.2) is 64.1 Å². The van der Waals surface area contributed by atoms with Crippen molar-refractivity contribution >= 4 is 28.7 Å². The molecule has 0 unspecified atom stereocenters. The van der Waals surface area contributed by atoms with Crippen molar-refractivity contribution in [1.82, 2.24) is 15.2 Å². The number of hydrogen-bond acceptors (Lipinski definition) is 6. The number of pyridine rings is 1. The van der Waals surface area contributed by atoms with Gasteiger partial charge in [-0.05, 0) is 24.0 Å². The Labute approximate surface area is 245 Å². The number of hydrogen-bond donors (Lipinski definition) is 2. The van der Waals surface area contributed by atoms with E-state index < -0.39 is 29.6 Å². The van der Waals surface area contributed by atoms with Crippen LogP contribution in [0.4, 0.5) is 0 Å². The second kappa shape index (κ2) is 11.1. The highest BCUT2D eigenvalue weighted by Gasteiger charge is 2.61. The van der Waals surface area contributed by atoms with E-state index in [1.807, 2.05) is 75.4 Å². The first-order valence-electron chi connectivity index (χ1n) is 14.1. The maximum Gasteiger partial charge on any atom is 0.330 e. The van der Waals surface area contributed by atoms with Crippen LogP contribution in [0.1, 0.15) is 40.0 Å². The Morgan fingerprint density at radius 1 is 1.17 bits per heavy atom. The van der Waals surface area contributed by atoms with E-state index in [0.29, 0.717) is 22.7 Å². The molecule has 0 radical (unpaired) electrons. The number of methoxy groups -OCH3 is 1. The lowest BCUT2D eigenvalue weighted by Gasteiger charge is -2.28. The average molecular weight is 572 g/mol. The lowest BCUT2D eigenvalue weighted by molar-refractivity contribution is -0.145. The summed E-state index contributed by atoms with van der Waals surface area (Å²) in [6.07, 6.45) is 1.77. The Bertz CT molecular complexity index is 1530. The van der Waals surface area contributed by atoms with Gasteiger partial charge in [0.15, 0.2) is 0 Å². The van der Waals surface area contributed by atoms with Crippen LogP contribution in [0.2, 0.25) is 0 Å². The summed E-state index contributed by atoms with van der Waals surface area (Å²) in [6, 6.07) is 16.3. The topological polar surface area (TPSA) is 118 Å². The van der Waals surface area contributed by atoms with Gasteiger partial charge in [-0.15, -0.1) is 6.58 Å². The Balaban J connectivity index is 1.47. The number of aliphatic carboxylic acids is 1. The van der Waals surface area contributed by atoms with Gasteiger partial charge in [-0.1, -0.05) is 57.2 Å². The zero-order chi connectivity index (χ0) is 30.2. The van der Waals surface area contributed by atoms with Crippen molar-refractivity contribution in [3.05, 3.63) is 67.3 Å². The molecule has 2 amide bonds. The average Bonchev–Trinajstić information content (AvgIpc) is 3.51. The molecule has 9 heteroatoms. The summed E-state index contributed by atoms with van der Waals surface area (Å²) < 4.78 is 12.0. The molecule has 1 aliphatic heterocycles. The van der Waals surface area contributed by atoms with Crippen molar-refractivity contribution < 1.29 is 29.0 Å². The number of nitrogens with one attached hydrogen (secondary N) is 1. The maximum atomic E-state index is 13.6. The van der Waals surface area contributed by atoms with Crippen LogP contribution in [-0.2, 0) is 14.4 Å². The van der Waals surface area contributed by atoms with Crippen molar-refractivity contribution in [1.29, 1.82) is 0 Å². The lowest BCUT2D eigenvalue weighted by Crippen LogP contribution is -2.53. The maximum absolute atomic E-state index is 13.6. The molecule has 2 aliphatic rings. The van der Waals surface area contributed by atoms with Crippen molar-refractivity contribution in [2.24, 2.45) is 11.3 Å². The molecule has 2 aromatic carbocycles. The summed E-state index contributed by atoms with van der Waals surface area (Å²) in [7, 11) is 1.60. The number of carboxylic acids is 1. The largest absolute Gasteiger partial charge is 0.497 e. The molecule has 5 rings (SSSR count). The second-order valence-corrected chi connectivity index (χ2v) is 12.3. The number of aromatic nitrogens is 1. The van der Waals surface area contributed by atoms with Crippen LogP contribution in [0.3, 0.4) is 0 Å².